The molecule has 0 atom stereocenters. The van der Waals surface area contributed by atoms with E-state index in [0.717, 1.165) is 10.9 Å². The lowest BCUT2D eigenvalue weighted by Gasteiger charge is -1.99. The highest BCUT2D eigenvalue weighted by atomic mass is 79.9. The summed E-state index contributed by atoms with van der Waals surface area (Å²) in [4.78, 5) is 0. The molecule has 0 aliphatic rings. The van der Waals surface area contributed by atoms with Crippen LogP contribution in [0.4, 0.5) is 10.1 Å². The Morgan fingerprint density at radius 2 is 2.25 bits per heavy atom. The zero-order valence-corrected chi connectivity index (χ0v) is 8.01. The minimum atomic E-state index is -0.369. The first-order valence-electron chi connectivity index (χ1n) is 3.52. The predicted octanol–water partition coefficient (Wildman–Crippen LogP) is 2.82. The molecule has 0 heterocycles. The molecule has 1 rings (SSSR count). The van der Waals surface area contributed by atoms with Crippen LogP contribution in [0.15, 0.2) is 24.3 Å². The minimum absolute atomic E-state index is 0.203. The van der Waals surface area contributed by atoms with Crippen molar-refractivity contribution in [3.63, 3.8) is 0 Å². The maximum Gasteiger partial charge on any atom is 0.146 e. The summed E-state index contributed by atoms with van der Waals surface area (Å²) >= 11 is 3.23. The van der Waals surface area contributed by atoms with E-state index in [-0.39, 0.29) is 11.5 Å². The fraction of sp³-hybridized carbons (Fsp3) is 0.111. The van der Waals surface area contributed by atoms with Crippen LogP contribution >= 0.6 is 15.9 Å². The standard InChI is InChI=1S/C9H9BrFN/c10-6-2-4-7-3-1-5-8(11)9(7)12/h1-5H,6,12H2. The molecule has 0 radical (unpaired) electrons. The van der Waals surface area contributed by atoms with Crippen molar-refractivity contribution < 1.29 is 4.39 Å². The molecule has 0 saturated heterocycles. The molecular weight excluding hydrogens is 221 g/mol. The van der Waals surface area contributed by atoms with Crippen LogP contribution in [-0.2, 0) is 0 Å². The maximum absolute atomic E-state index is 12.8. The van der Waals surface area contributed by atoms with E-state index in [0.29, 0.717) is 0 Å². The summed E-state index contributed by atoms with van der Waals surface area (Å²) in [6.07, 6.45) is 3.65. The van der Waals surface area contributed by atoms with Gasteiger partial charge < -0.3 is 5.73 Å². The fourth-order valence-corrected chi connectivity index (χ4v) is 1.06. The number of alkyl halides is 1. The van der Waals surface area contributed by atoms with Gasteiger partial charge in [0.15, 0.2) is 0 Å². The summed E-state index contributed by atoms with van der Waals surface area (Å²) in [5, 5.41) is 0.739. The third-order valence-electron chi connectivity index (χ3n) is 1.47. The molecule has 3 heteroatoms. The summed E-state index contributed by atoms with van der Waals surface area (Å²) in [6.45, 7) is 0. The molecule has 2 N–H and O–H groups in total. The van der Waals surface area contributed by atoms with Crippen LogP contribution in [0.2, 0.25) is 0 Å². The van der Waals surface area contributed by atoms with Gasteiger partial charge in [-0.1, -0.05) is 40.2 Å². The van der Waals surface area contributed by atoms with Crippen LogP contribution in [0, 0.1) is 5.82 Å². The third kappa shape index (κ3) is 2.08. The number of anilines is 1. The number of benzene rings is 1. The van der Waals surface area contributed by atoms with Crippen LogP contribution in [0.25, 0.3) is 6.08 Å². The van der Waals surface area contributed by atoms with Crippen molar-refractivity contribution in [2.45, 2.75) is 0 Å². The van der Waals surface area contributed by atoms with Gasteiger partial charge in [-0.2, -0.15) is 0 Å². The van der Waals surface area contributed by atoms with Gasteiger partial charge in [0, 0.05) is 10.9 Å². The highest BCUT2D eigenvalue weighted by Crippen LogP contribution is 2.16. The second-order valence-electron chi connectivity index (χ2n) is 2.30. The van der Waals surface area contributed by atoms with Gasteiger partial charge in [-0.25, -0.2) is 4.39 Å². The highest BCUT2D eigenvalue weighted by Gasteiger charge is 1.99. The van der Waals surface area contributed by atoms with Gasteiger partial charge in [0.2, 0.25) is 0 Å². The quantitative estimate of drug-likeness (QED) is 0.613. The van der Waals surface area contributed by atoms with E-state index in [1.807, 2.05) is 6.08 Å². The summed E-state index contributed by atoms with van der Waals surface area (Å²) in [6, 6.07) is 4.76. The second-order valence-corrected chi connectivity index (χ2v) is 2.95. The molecule has 0 fully saturated rings. The molecule has 1 aromatic carbocycles. The zero-order chi connectivity index (χ0) is 8.97. The smallest absolute Gasteiger partial charge is 0.146 e. The third-order valence-corrected chi connectivity index (χ3v) is 1.85. The van der Waals surface area contributed by atoms with Crippen LogP contribution in [0.3, 0.4) is 0 Å². The molecule has 1 aromatic rings. The number of nitrogens with two attached hydrogens (primary N) is 1. The van der Waals surface area contributed by atoms with Crippen molar-refractivity contribution in [3.8, 4) is 0 Å². The van der Waals surface area contributed by atoms with Gasteiger partial charge in [-0.3, -0.25) is 0 Å². The Labute approximate surface area is 79.2 Å². The van der Waals surface area contributed by atoms with Crippen LogP contribution in [0.1, 0.15) is 5.56 Å². The summed E-state index contributed by atoms with van der Waals surface area (Å²) < 4.78 is 12.8. The number of hydrogen-bond acceptors (Lipinski definition) is 1. The Bertz CT molecular complexity index is 297. The van der Waals surface area contributed by atoms with Gasteiger partial charge in [0.25, 0.3) is 0 Å². The van der Waals surface area contributed by atoms with Crippen molar-refractivity contribution in [1.29, 1.82) is 0 Å². The molecule has 0 aliphatic carbocycles. The van der Waals surface area contributed by atoms with E-state index in [4.69, 9.17) is 5.73 Å². The maximum atomic E-state index is 12.8. The lowest BCUT2D eigenvalue weighted by molar-refractivity contribution is 0.632. The van der Waals surface area contributed by atoms with E-state index in [9.17, 15) is 4.39 Å². The highest BCUT2D eigenvalue weighted by molar-refractivity contribution is 9.09. The fourth-order valence-electron chi connectivity index (χ4n) is 0.871. The number of rotatable bonds is 2. The SMILES string of the molecule is Nc1c(F)cccc1C=CCBr. The average Bonchev–Trinajstić information content (AvgIpc) is 2.08. The number of para-hydroxylation sites is 1. The monoisotopic (exact) mass is 229 g/mol. The molecule has 0 spiro atoms. The second kappa shape index (κ2) is 4.26. The number of allylic oxidation sites excluding steroid dienone is 1. The molecule has 0 saturated carbocycles. The minimum Gasteiger partial charge on any atom is -0.396 e. The molecule has 0 aromatic heterocycles. The number of nitrogen functional groups attached to an aromatic ring is 1. The van der Waals surface area contributed by atoms with E-state index in [2.05, 4.69) is 15.9 Å². The van der Waals surface area contributed by atoms with Gasteiger partial charge in [0.05, 0.1) is 5.69 Å². The van der Waals surface area contributed by atoms with E-state index in [1.165, 1.54) is 6.07 Å². The summed E-state index contributed by atoms with van der Waals surface area (Å²) in [7, 11) is 0. The first kappa shape index (κ1) is 9.26. The van der Waals surface area contributed by atoms with Gasteiger partial charge in [-0.15, -0.1) is 0 Å². The Morgan fingerprint density at radius 3 is 2.92 bits per heavy atom. The summed E-state index contributed by atoms with van der Waals surface area (Å²) in [5.74, 6) is -0.369. The Morgan fingerprint density at radius 1 is 1.50 bits per heavy atom. The lowest BCUT2D eigenvalue weighted by Crippen LogP contribution is -1.93. The van der Waals surface area contributed by atoms with E-state index in [1.54, 1.807) is 18.2 Å². The molecule has 12 heavy (non-hydrogen) atoms. The molecular formula is C9H9BrFN. The van der Waals surface area contributed by atoms with Crippen molar-refractivity contribution in [1.82, 2.24) is 0 Å². The van der Waals surface area contributed by atoms with E-state index >= 15 is 0 Å². The number of halogens is 2. The van der Waals surface area contributed by atoms with Crippen molar-refractivity contribution in [2.75, 3.05) is 11.1 Å². The van der Waals surface area contributed by atoms with Crippen LogP contribution in [-0.4, -0.2) is 5.33 Å². The van der Waals surface area contributed by atoms with Gasteiger partial charge >= 0.3 is 0 Å². The first-order chi connectivity index (χ1) is 5.75. The van der Waals surface area contributed by atoms with Crippen LogP contribution < -0.4 is 5.73 Å². The summed E-state index contributed by atoms with van der Waals surface area (Å²) in [5.41, 5.74) is 6.40. The van der Waals surface area contributed by atoms with Gasteiger partial charge in [-0.05, 0) is 6.07 Å². The van der Waals surface area contributed by atoms with E-state index < -0.39 is 0 Å². The molecule has 1 nitrogen and oxygen atoms in total. The van der Waals surface area contributed by atoms with Crippen molar-refractivity contribution in [2.24, 2.45) is 0 Å². The first-order valence-corrected chi connectivity index (χ1v) is 4.64. The van der Waals surface area contributed by atoms with Crippen LogP contribution in [0.5, 0.6) is 0 Å². The molecule has 0 unspecified atom stereocenters. The largest absolute Gasteiger partial charge is 0.396 e. The Balaban J connectivity index is 3.00. The van der Waals surface area contributed by atoms with Gasteiger partial charge in [0.1, 0.15) is 5.82 Å². The molecule has 0 amide bonds. The predicted molar refractivity (Wildman–Crippen MR) is 53.6 cm³/mol. The molecule has 64 valence electrons. The Hall–Kier alpha value is -0.830. The Kier molecular flexibility index (Phi) is 3.29. The molecule has 0 aliphatic heterocycles. The lowest BCUT2D eigenvalue weighted by atomic mass is 10.1. The number of hydrogen-bond donors (Lipinski definition) is 1. The topological polar surface area (TPSA) is 26.0 Å². The molecule has 0 bridgehead atoms. The van der Waals surface area contributed by atoms with Crippen molar-refractivity contribution in [3.05, 3.63) is 35.7 Å². The zero-order valence-electron chi connectivity index (χ0n) is 6.43. The average molecular weight is 230 g/mol. The van der Waals surface area contributed by atoms with Crippen molar-refractivity contribution >= 4 is 27.7 Å². The normalized spacial score (nSPS) is 10.8.